The van der Waals surface area contributed by atoms with E-state index in [-0.39, 0.29) is 0 Å². The zero-order chi connectivity index (χ0) is 8.23. The van der Waals surface area contributed by atoms with Crippen molar-refractivity contribution in [3.8, 4) is 0 Å². The molecule has 1 heterocycles. The Morgan fingerprint density at radius 2 is 2.00 bits per heavy atom. The van der Waals surface area contributed by atoms with Gasteiger partial charge in [0, 0.05) is 6.42 Å². The first kappa shape index (κ1) is 8.27. The topological polar surface area (TPSA) is 13.7 Å². The fourth-order valence-electron chi connectivity index (χ4n) is 2.10. The van der Waals surface area contributed by atoms with Crippen LogP contribution < -0.4 is 4.90 Å². The number of rotatable bonds is 1. The summed E-state index contributed by atoms with van der Waals surface area (Å²) in [6.07, 6.45) is 7.88. The van der Waals surface area contributed by atoms with Crippen molar-refractivity contribution in [3.63, 3.8) is 0 Å². The number of quaternary nitrogens is 1. The Morgan fingerprint density at radius 1 is 1.17 bits per heavy atom. The summed E-state index contributed by atoms with van der Waals surface area (Å²) >= 11 is 0. The molecular weight excluding hydrogens is 150 g/mol. The largest absolute Gasteiger partial charge is 0.370 e. The van der Waals surface area contributed by atoms with Gasteiger partial charge in [-0.25, -0.2) is 0 Å². The van der Waals surface area contributed by atoms with Gasteiger partial charge in [0.1, 0.15) is 18.8 Å². The smallest absolute Gasteiger partial charge is 0.105 e. The van der Waals surface area contributed by atoms with Gasteiger partial charge < -0.3 is 9.64 Å². The molecule has 2 rings (SSSR count). The third kappa shape index (κ3) is 1.87. The first-order chi connectivity index (χ1) is 5.97. The van der Waals surface area contributed by atoms with E-state index in [1.165, 1.54) is 38.8 Å². The molecule has 0 amide bonds. The van der Waals surface area contributed by atoms with Crippen LogP contribution in [0.15, 0.2) is 11.8 Å². The SMILES string of the molecule is C1=C([NH+]2CCOCC2)CCCC1. The van der Waals surface area contributed by atoms with E-state index in [9.17, 15) is 0 Å². The zero-order valence-corrected chi connectivity index (χ0v) is 7.64. The summed E-state index contributed by atoms with van der Waals surface area (Å²) < 4.78 is 5.34. The first-order valence-electron chi connectivity index (χ1n) is 5.08. The third-order valence-corrected chi connectivity index (χ3v) is 2.84. The van der Waals surface area contributed by atoms with Crippen molar-refractivity contribution in [2.75, 3.05) is 26.3 Å². The Bertz CT molecular complexity index is 171. The monoisotopic (exact) mass is 168 g/mol. The van der Waals surface area contributed by atoms with Gasteiger partial charge in [-0.2, -0.15) is 0 Å². The van der Waals surface area contributed by atoms with E-state index in [0.29, 0.717) is 0 Å². The Hall–Kier alpha value is -0.340. The van der Waals surface area contributed by atoms with E-state index in [0.717, 1.165) is 13.2 Å². The van der Waals surface area contributed by atoms with Crippen LogP contribution in [0.1, 0.15) is 25.7 Å². The van der Waals surface area contributed by atoms with Crippen molar-refractivity contribution >= 4 is 0 Å². The van der Waals surface area contributed by atoms with E-state index in [2.05, 4.69) is 6.08 Å². The molecule has 1 N–H and O–H groups in total. The van der Waals surface area contributed by atoms with Crippen LogP contribution in [0.2, 0.25) is 0 Å². The van der Waals surface area contributed by atoms with Gasteiger partial charge in [-0.3, -0.25) is 0 Å². The van der Waals surface area contributed by atoms with Gasteiger partial charge in [-0.15, -0.1) is 0 Å². The summed E-state index contributed by atoms with van der Waals surface area (Å²) in [7, 11) is 0. The maximum atomic E-state index is 5.34. The number of ether oxygens (including phenoxy) is 1. The lowest BCUT2D eigenvalue weighted by Crippen LogP contribution is -3.12. The van der Waals surface area contributed by atoms with Crippen LogP contribution in [0.5, 0.6) is 0 Å². The highest BCUT2D eigenvalue weighted by molar-refractivity contribution is 4.95. The molecule has 68 valence electrons. The molecule has 2 aliphatic rings. The molecule has 0 saturated carbocycles. The molecule has 2 nitrogen and oxygen atoms in total. The van der Waals surface area contributed by atoms with Crippen molar-refractivity contribution < 1.29 is 9.64 Å². The number of allylic oxidation sites excluding steroid dienone is 2. The standard InChI is InChI=1S/C10H17NO/c1-2-4-10(5-3-1)11-6-8-12-9-7-11/h4H,1-3,5-9H2/p+1. The van der Waals surface area contributed by atoms with Crippen LogP contribution in [0.3, 0.4) is 0 Å². The van der Waals surface area contributed by atoms with Crippen LogP contribution >= 0.6 is 0 Å². The molecule has 0 aromatic heterocycles. The molecule has 0 spiro atoms. The van der Waals surface area contributed by atoms with Crippen LogP contribution in [-0.4, -0.2) is 26.3 Å². The maximum Gasteiger partial charge on any atom is 0.105 e. The number of morpholine rings is 1. The lowest BCUT2D eigenvalue weighted by molar-refractivity contribution is -0.871. The molecule has 1 aliphatic carbocycles. The Kier molecular flexibility index (Phi) is 2.79. The molecule has 0 aromatic carbocycles. The second-order valence-corrected chi connectivity index (χ2v) is 3.69. The van der Waals surface area contributed by atoms with Crippen molar-refractivity contribution in [1.29, 1.82) is 0 Å². The summed E-state index contributed by atoms with van der Waals surface area (Å²) in [5.74, 6) is 0. The highest BCUT2D eigenvalue weighted by Crippen LogP contribution is 2.12. The van der Waals surface area contributed by atoms with Gasteiger partial charge in [-0.1, -0.05) is 0 Å². The summed E-state index contributed by atoms with van der Waals surface area (Å²) in [5.41, 5.74) is 1.66. The second kappa shape index (κ2) is 4.06. The lowest BCUT2D eigenvalue weighted by atomic mass is 10.0. The molecule has 0 radical (unpaired) electrons. The predicted octanol–water partition coefficient (Wildman–Crippen LogP) is 0.359. The van der Waals surface area contributed by atoms with Gasteiger partial charge in [-0.05, 0) is 25.3 Å². The minimum atomic E-state index is 0.951. The Labute approximate surface area is 74.2 Å². The van der Waals surface area contributed by atoms with E-state index >= 15 is 0 Å². The first-order valence-corrected chi connectivity index (χ1v) is 5.08. The van der Waals surface area contributed by atoms with Crippen LogP contribution in [-0.2, 0) is 4.74 Å². The highest BCUT2D eigenvalue weighted by atomic mass is 16.5. The van der Waals surface area contributed by atoms with Gasteiger partial charge in [0.05, 0.1) is 13.2 Å². The number of hydrogen-bond acceptors (Lipinski definition) is 1. The molecule has 0 aromatic rings. The molecule has 12 heavy (non-hydrogen) atoms. The zero-order valence-electron chi connectivity index (χ0n) is 7.64. The van der Waals surface area contributed by atoms with E-state index < -0.39 is 0 Å². The minimum absolute atomic E-state index is 0.951. The summed E-state index contributed by atoms with van der Waals surface area (Å²) in [6.45, 7) is 4.27. The second-order valence-electron chi connectivity index (χ2n) is 3.69. The predicted molar refractivity (Wildman–Crippen MR) is 48.1 cm³/mol. The number of nitrogens with one attached hydrogen (secondary N) is 1. The van der Waals surface area contributed by atoms with Crippen molar-refractivity contribution in [2.24, 2.45) is 0 Å². The fraction of sp³-hybridized carbons (Fsp3) is 0.800. The van der Waals surface area contributed by atoms with Crippen molar-refractivity contribution in [1.82, 2.24) is 0 Å². The average Bonchev–Trinajstić information content (AvgIpc) is 2.21. The lowest BCUT2D eigenvalue weighted by Gasteiger charge is -2.27. The molecule has 1 aliphatic heterocycles. The molecule has 0 bridgehead atoms. The molecule has 0 atom stereocenters. The van der Waals surface area contributed by atoms with E-state index in [4.69, 9.17) is 4.74 Å². The van der Waals surface area contributed by atoms with Crippen molar-refractivity contribution in [3.05, 3.63) is 11.8 Å². The van der Waals surface area contributed by atoms with E-state index in [1.807, 2.05) is 0 Å². The third-order valence-electron chi connectivity index (χ3n) is 2.84. The summed E-state index contributed by atoms with van der Waals surface area (Å²) in [6, 6.07) is 0. The summed E-state index contributed by atoms with van der Waals surface area (Å²) in [4.78, 5) is 1.68. The highest BCUT2D eigenvalue weighted by Gasteiger charge is 2.19. The molecular formula is C10H18NO+. The normalized spacial score (nSPS) is 26.8. The van der Waals surface area contributed by atoms with Crippen LogP contribution in [0.4, 0.5) is 0 Å². The molecule has 1 fully saturated rings. The Balaban J connectivity index is 1.92. The quantitative estimate of drug-likeness (QED) is 0.597. The number of hydrogen-bond donors (Lipinski definition) is 1. The van der Waals surface area contributed by atoms with Gasteiger partial charge in [0.15, 0.2) is 0 Å². The maximum absolute atomic E-state index is 5.34. The van der Waals surface area contributed by atoms with Crippen LogP contribution in [0, 0.1) is 0 Å². The van der Waals surface area contributed by atoms with E-state index in [1.54, 1.807) is 10.6 Å². The van der Waals surface area contributed by atoms with Gasteiger partial charge in [0.25, 0.3) is 0 Å². The molecule has 1 saturated heterocycles. The van der Waals surface area contributed by atoms with Crippen molar-refractivity contribution in [2.45, 2.75) is 25.7 Å². The van der Waals surface area contributed by atoms with Gasteiger partial charge >= 0.3 is 0 Å². The van der Waals surface area contributed by atoms with Gasteiger partial charge in [0.2, 0.25) is 0 Å². The molecule has 0 unspecified atom stereocenters. The van der Waals surface area contributed by atoms with Crippen LogP contribution in [0.25, 0.3) is 0 Å². The molecule has 2 heteroatoms. The minimum Gasteiger partial charge on any atom is -0.370 e. The Morgan fingerprint density at radius 3 is 2.67 bits per heavy atom. The average molecular weight is 168 g/mol. The summed E-state index contributed by atoms with van der Waals surface area (Å²) in [5, 5.41) is 0. The fourth-order valence-corrected chi connectivity index (χ4v) is 2.10.